The number of carbonyl (C=O) groups is 4. The number of nitrogens with zero attached hydrogens (tertiary/aromatic N) is 2. The van der Waals surface area contributed by atoms with E-state index in [2.05, 4.69) is 4.98 Å². The molecule has 1 fully saturated rings. The lowest BCUT2D eigenvalue weighted by molar-refractivity contribution is -0.116. The van der Waals surface area contributed by atoms with Crippen molar-refractivity contribution in [1.82, 2.24) is 9.88 Å². The number of rotatable bonds is 5. The van der Waals surface area contributed by atoms with Crippen molar-refractivity contribution in [2.75, 3.05) is 11.4 Å². The average molecular weight is 460 g/mol. The van der Waals surface area contributed by atoms with Gasteiger partial charge in [0, 0.05) is 27.1 Å². The first kappa shape index (κ1) is 20.9. The maximum absolute atomic E-state index is 13.0. The Hall–Kier alpha value is -3.36. The predicted molar refractivity (Wildman–Crippen MR) is 115 cm³/mol. The minimum atomic E-state index is -1.23. The van der Waals surface area contributed by atoms with Gasteiger partial charge in [-0.05, 0) is 31.2 Å². The standard InChI is InChI=1S/C21H15Cl2N3O5/c1-10(27)11-3-2-4-13(5-11)26-17(28)9-25(21(26)31)8-14-18-15(23)6-12(22)7-16(18)24-19(14)20(29)30/h2-7,24H,8-9H2,1H3,(H,29,30). The lowest BCUT2D eigenvalue weighted by Crippen LogP contribution is -2.33. The number of carboxylic acids is 1. The van der Waals surface area contributed by atoms with Crippen LogP contribution in [0.1, 0.15) is 33.3 Å². The number of anilines is 1. The summed E-state index contributed by atoms with van der Waals surface area (Å²) in [4.78, 5) is 54.0. The molecule has 0 saturated carbocycles. The maximum atomic E-state index is 13.0. The number of hydrogen-bond acceptors (Lipinski definition) is 4. The number of carboxylic acid groups (broad SMARTS) is 1. The summed E-state index contributed by atoms with van der Waals surface area (Å²) in [7, 11) is 0. The molecule has 0 aliphatic carbocycles. The fourth-order valence-electron chi connectivity index (χ4n) is 3.64. The minimum absolute atomic E-state index is 0.142. The molecule has 8 nitrogen and oxygen atoms in total. The normalized spacial score (nSPS) is 14.0. The highest BCUT2D eigenvalue weighted by molar-refractivity contribution is 6.39. The van der Waals surface area contributed by atoms with E-state index in [4.69, 9.17) is 23.2 Å². The predicted octanol–water partition coefficient (Wildman–Crippen LogP) is 4.34. The Balaban J connectivity index is 1.72. The SMILES string of the molecule is CC(=O)c1cccc(N2C(=O)CN(Cc3c(C(=O)O)[nH]c4cc(Cl)cc(Cl)c34)C2=O)c1. The molecule has 3 aromatic rings. The van der Waals surface area contributed by atoms with Crippen LogP contribution in [-0.4, -0.2) is 45.2 Å². The van der Waals surface area contributed by atoms with E-state index in [1.54, 1.807) is 18.2 Å². The number of aromatic nitrogens is 1. The molecule has 1 aromatic heterocycles. The van der Waals surface area contributed by atoms with Crippen LogP contribution in [0.15, 0.2) is 36.4 Å². The number of fused-ring (bicyclic) bond motifs is 1. The van der Waals surface area contributed by atoms with Crippen molar-refractivity contribution in [2.45, 2.75) is 13.5 Å². The van der Waals surface area contributed by atoms with Crippen molar-refractivity contribution < 1.29 is 24.3 Å². The molecule has 0 radical (unpaired) electrons. The van der Waals surface area contributed by atoms with Gasteiger partial charge in [-0.3, -0.25) is 9.59 Å². The van der Waals surface area contributed by atoms with Crippen LogP contribution >= 0.6 is 23.2 Å². The van der Waals surface area contributed by atoms with Crippen LogP contribution in [-0.2, 0) is 11.3 Å². The van der Waals surface area contributed by atoms with Crippen molar-refractivity contribution in [3.8, 4) is 0 Å². The van der Waals surface area contributed by atoms with Crippen LogP contribution in [0.2, 0.25) is 10.0 Å². The number of Topliss-reactive ketones (excluding diaryl/α,β-unsaturated/α-hetero) is 1. The third-order valence-corrected chi connectivity index (χ3v) is 5.55. The molecule has 1 saturated heterocycles. The Morgan fingerprint density at radius 1 is 1.16 bits per heavy atom. The van der Waals surface area contributed by atoms with Gasteiger partial charge in [0.15, 0.2) is 5.78 Å². The number of imide groups is 1. The molecular formula is C21H15Cl2N3O5. The van der Waals surface area contributed by atoms with E-state index in [9.17, 15) is 24.3 Å². The third-order valence-electron chi connectivity index (χ3n) is 5.03. The van der Waals surface area contributed by atoms with Crippen LogP contribution in [0.4, 0.5) is 10.5 Å². The summed E-state index contributed by atoms with van der Waals surface area (Å²) in [5.74, 6) is -1.92. The molecule has 1 aliphatic rings. The van der Waals surface area contributed by atoms with Crippen molar-refractivity contribution in [3.05, 3.63) is 63.3 Å². The summed E-state index contributed by atoms with van der Waals surface area (Å²) in [6, 6.07) is 8.59. The van der Waals surface area contributed by atoms with E-state index in [-0.39, 0.29) is 40.8 Å². The molecule has 3 amide bonds. The Labute approximate surface area is 185 Å². The average Bonchev–Trinajstić information content (AvgIpc) is 3.19. The Morgan fingerprint density at radius 3 is 2.58 bits per heavy atom. The number of H-pyrrole nitrogens is 1. The highest BCUT2D eigenvalue weighted by atomic mass is 35.5. The van der Waals surface area contributed by atoms with E-state index in [0.29, 0.717) is 21.5 Å². The van der Waals surface area contributed by atoms with Crippen molar-refractivity contribution in [2.24, 2.45) is 0 Å². The van der Waals surface area contributed by atoms with Gasteiger partial charge in [0.2, 0.25) is 0 Å². The maximum Gasteiger partial charge on any atom is 0.352 e. The van der Waals surface area contributed by atoms with Crippen molar-refractivity contribution >= 4 is 63.5 Å². The summed E-state index contributed by atoms with van der Waals surface area (Å²) in [5.41, 5.74) is 1.17. The first-order chi connectivity index (χ1) is 14.7. The highest BCUT2D eigenvalue weighted by Gasteiger charge is 2.38. The Kier molecular flexibility index (Phi) is 5.20. The smallest absolute Gasteiger partial charge is 0.352 e. The molecule has 2 heterocycles. The Morgan fingerprint density at radius 2 is 1.90 bits per heavy atom. The number of carbonyl (C=O) groups excluding carboxylic acids is 3. The molecule has 0 bridgehead atoms. The molecule has 4 rings (SSSR count). The number of halogens is 2. The molecule has 158 valence electrons. The molecule has 1 aliphatic heterocycles. The molecule has 0 atom stereocenters. The van der Waals surface area contributed by atoms with Crippen LogP contribution in [0, 0.1) is 0 Å². The van der Waals surface area contributed by atoms with E-state index in [1.165, 1.54) is 30.0 Å². The zero-order valence-electron chi connectivity index (χ0n) is 16.1. The van der Waals surface area contributed by atoms with Gasteiger partial charge in [-0.2, -0.15) is 0 Å². The van der Waals surface area contributed by atoms with E-state index < -0.39 is 17.9 Å². The molecule has 0 spiro atoms. The van der Waals surface area contributed by atoms with E-state index >= 15 is 0 Å². The van der Waals surface area contributed by atoms with Crippen LogP contribution in [0.3, 0.4) is 0 Å². The van der Waals surface area contributed by atoms with Crippen molar-refractivity contribution in [1.29, 1.82) is 0 Å². The summed E-state index contributed by atoms with van der Waals surface area (Å²) in [6.45, 7) is 0.982. The monoisotopic (exact) mass is 459 g/mol. The van der Waals surface area contributed by atoms with E-state index in [0.717, 1.165) is 4.90 Å². The highest BCUT2D eigenvalue weighted by Crippen LogP contribution is 2.34. The number of ketones is 1. The zero-order valence-corrected chi connectivity index (χ0v) is 17.6. The molecule has 2 N–H and O–H groups in total. The number of aromatic carboxylic acids is 1. The fourth-order valence-corrected chi connectivity index (χ4v) is 4.24. The van der Waals surface area contributed by atoms with Crippen LogP contribution in [0.5, 0.6) is 0 Å². The topological polar surface area (TPSA) is 111 Å². The van der Waals surface area contributed by atoms with E-state index in [1.807, 2.05) is 0 Å². The molecule has 10 heteroatoms. The van der Waals surface area contributed by atoms with Gasteiger partial charge in [-0.25, -0.2) is 14.5 Å². The van der Waals surface area contributed by atoms with Gasteiger partial charge in [-0.1, -0.05) is 35.3 Å². The minimum Gasteiger partial charge on any atom is -0.477 e. The second-order valence-corrected chi connectivity index (χ2v) is 7.91. The van der Waals surface area contributed by atoms with Gasteiger partial charge >= 0.3 is 12.0 Å². The molecule has 0 unspecified atom stereocenters. The fraction of sp³-hybridized carbons (Fsp3) is 0.143. The third kappa shape index (κ3) is 3.64. The van der Waals surface area contributed by atoms with Gasteiger partial charge in [0.25, 0.3) is 5.91 Å². The number of amides is 3. The van der Waals surface area contributed by atoms with Crippen LogP contribution in [0.25, 0.3) is 10.9 Å². The van der Waals surface area contributed by atoms with Gasteiger partial charge < -0.3 is 15.0 Å². The summed E-state index contributed by atoms with van der Waals surface area (Å²) in [5, 5.41) is 10.6. The first-order valence-electron chi connectivity index (χ1n) is 9.13. The Bertz CT molecular complexity index is 1280. The van der Waals surface area contributed by atoms with Gasteiger partial charge in [0.05, 0.1) is 17.3 Å². The second-order valence-electron chi connectivity index (χ2n) is 7.07. The largest absolute Gasteiger partial charge is 0.477 e. The summed E-state index contributed by atoms with van der Waals surface area (Å²) >= 11 is 12.3. The number of benzene rings is 2. The van der Waals surface area contributed by atoms with Crippen molar-refractivity contribution in [3.63, 3.8) is 0 Å². The molecule has 2 aromatic carbocycles. The molecule has 31 heavy (non-hydrogen) atoms. The summed E-state index contributed by atoms with van der Waals surface area (Å²) in [6.07, 6.45) is 0. The molecular weight excluding hydrogens is 445 g/mol. The quantitative estimate of drug-likeness (QED) is 0.435. The summed E-state index contributed by atoms with van der Waals surface area (Å²) < 4.78 is 0. The number of aromatic amines is 1. The lowest BCUT2D eigenvalue weighted by atomic mass is 10.1. The second kappa shape index (κ2) is 7.72. The number of urea groups is 1. The first-order valence-corrected chi connectivity index (χ1v) is 9.88. The number of nitrogens with one attached hydrogen (secondary N) is 1. The van der Waals surface area contributed by atoms with Gasteiger partial charge in [-0.15, -0.1) is 0 Å². The van der Waals surface area contributed by atoms with Gasteiger partial charge in [0.1, 0.15) is 12.2 Å². The number of hydrogen-bond donors (Lipinski definition) is 2. The zero-order chi connectivity index (χ0) is 22.4. The van der Waals surface area contributed by atoms with Crippen LogP contribution < -0.4 is 4.90 Å². The lowest BCUT2D eigenvalue weighted by Gasteiger charge is -2.18.